The summed E-state index contributed by atoms with van der Waals surface area (Å²) in [5.41, 5.74) is 0. The maximum absolute atomic E-state index is 12.9. The normalized spacial score (nSPS) is 27.4. The summed E-state index contributed by atoms with van der Waals surface area (Å²) in [6.45, 7) is 0.0983. The summed E-state index contributed by atoms with van der Waals surface area (Å²) in [4.78, 5) is 28.4. The predicted octanol–water partition coefficient (Wildman–Crippen LogP) is -0.392. The predicted molar refractivity (Wildman–Crippen MR) is 107 cm³/mol. The Kier molecular flexibility index (Phi) is 7.21. The fourth-order valence-electron chi connectivity index (χ4n) is 4.41. The first kappa shape index (κ1) is 22.5. The summed E-state index contributed by atoms with van der Waals surface area (Å²) >= 11 is 0. The molecule has 1 atom stereocenters. The minimum atomic E-state index is -3.13. The van der Waals surface area contributed by atoms with Gasteiger partial charge < -0.3 is 9.64 Å². The van der Waals surface area contributed by atoms with E-state index >= 15 is 0 Å². The van der Waals surface area contributed by atoms with Gasteiger partial charge in [0.15, 0.2) is 26.3 Å². The number of rotatable bonds is 6. The molecular weight excluding hydrogens is 420 g/mol. The molecule has 1 aliphatic carbocycles. The van der Waals surface area contributed by atoms with E-state index in [1.807, 2.05) is 0 Å². The van der Waals surface area contributed by atoms with Crippen LogP contribution >= 0.6 is 0 Å². The second kappa shape index (κ2) is 9.30. The molecule has 1 unspecified atom stereocenters. The standard InChI is InChI=1S/C18H30N2O7S2/c21-17(13-27-18(22)12-19-7-10-28(23,24)11-8-19)20(15-4-2-1-3-5-15)16-6-9-29(25,26)14-16/h15-16H,1-14H2. The van der Waals surface area contributed by atoms with Crippen molar-refractivity contribution in [2.75, 3.05) is 49.3 Å². The number of nitrogens with zero attached hydrogens (tertiary/aromatic N) is 2. The minimum Gasteiger partial charge on any atom is -0.455 e. The van der Waals surface area contributed by atoms with Crippen LogP contribution in [0.2, 0.25) is 0 Å². The zero-order valence-corrected chi connectivity index (χ0v) is 18.3. The molecule has 3 fully saturated rings. The highest BCUT2D eigenvalue weighted by Crippen LogP contribution is 2.28. The van der Waals surface area contributed by atoms with E-state index in [-0.39, 0.29) is 60.6 Å². The van der Waals surface area contributed by atoms with Crippen LogP contribution in [0.4, 0.5) is 0 Å². The third-order valence-electron chi connectivity index (χ3n) is 6.00. The highest BCUT2D eigenvalue weighted by atomic mass is 32.2. The van der Waals surface area contributed by atoms with Gasteiger partial charge in [0.1, 0.15) is 0 Å². The van der Waals surface area contributed by atoms with Crippen molar-refractivity contribution in [3.63, 3.8) is 0 Å². The molecule has 3 aliphatic rings. The Morgan fingerprint density at radius 2 is 1.52 bits per heavy atom. The van der Waals surface area contributed by atoms with Crippen LogP contribution in [0.3, 0.4) is 0 Å². The van der Waals surface area contributed by atoms with E-state index < -0.39 is 32.3 Å². The van der Waals surface area contributed by atoms with Crippen molar-refractivity contribution in [2.24, 2.45) is 0 Å². The molecule has 0 spiro atoms. The van der Waals surface area contributed by atoms with E-state index in [1.165, 1.54) is 0 Å². The lowest BCUT2D eigenvalue weighted by Gasteiger charge is -2.38. The number of ether oxygens (including phenoxy) is 1. The molecule has 166 valence electrons. The van der Waals surface area contributed by atoms with Gasteiger partial charge in [-0.2, -0.15) is 0 Å². The smallest absolute Gasteiger partial charge is 0.320 e. The highest BCUT2D eigenvalue weighted by molar-refractivity contribution is 7.91. The molecular formula is C18H30N2O7S2. The van der Waals surface area contributed by atoms with Crippen molar-refractivity contribution in [1.29, 1.82) is 0 Å². The lowest BCUT2D eigenvalue weighted by Crippen LogP contribution is -2.50. The number of hydrogen-bond donors (Lipinski definition) is 0. The van der Waals surface area contributed by atoms with E-state index in [4.69, 9.17) is 4.74 Å². The van der Waals surface area contributed by atoms with E-state index in [1.54, 1.807) is 9.80 Å². The quantitative estimate of drug-likeness (QED) is 0.502. The van der Waals surface area contributed by atoms with Crippen LogP contribution in [0.15, 0.2) is 0 Å². The van der Waals surface area contributed by atoms with Crippen molar-refractivity contribution in [3.8, 4) is 0 Å². The van der Waals surface area contributed by atoms with Gasteiger partial charge in [-0.3, -0.25) is 14.5 Å². The molecule has 0 radical (unpaired) electrons. The van der Waals surface area contributed by atoms with Crippen LogP contribution in [0.1, 0.15) is 38.5 Å². The molecule has 1 amide bonds. The van der Waals surface area contributed by atoms with Crippen LogP contribution in [0.5, 0.6) is 0 Å². The molecule has 2 heterocycles. The van der Waals surface area contributed by atoms with Gasteiger partial charge in [0, 0.05) is 25.2 Å². The van der Waals surface area contributed by atoms with Crippen molar-refractivity contribution < 1.29 is 31.2 Å². The van der Waals surface area contributed by atoms with Gasteiger partial charge >= 0.3 is 5.97 Å². The van der Waals surface area contributed by atoms with E-state index in [0.717, 1.165) is 32.1 Å². The monoisotopic (exact) mass is 450 g/mol. The lowest BCUT2D eigenvalue weighted by atomic mass is 9.93. The first-order valence-electron chi connectivity index (χ1n) is 10.3. The molecule has 1 saturated carbocycles. The Labute approximate surface area is 172 Å². The van der Waals surface area contributed by atoms with E-state index in [0.29, 0.717) is 6.42 Å². The van der Waals surface area contributed by atoms with Gasteiger partial charge in [-0.1, -0.05) is 19.3 Å². The Hall–Kier alpha value is -1.20. The zero-order chi connectivity index (χ0) is 21.1. The molecule has 2 saturated heterocycles. The largest absolute Gasteiger partial charge is 0.455 e. The zero-order valence-electron chi connectivity index (χ0n) is 16.6. The molecule has 0 aromatic carbocycles. The van der Waals surface area contributed by atoms with Crippen LogP contribution < -0.4 is 0 Å². The van der Waals surface area contributed by atoms with Crippen LogP contribution in [-0.2, 0) is 34.0 Å². The van der Waals surface area contributed by atoms with Crippen molar-refractivity contribution in [2.45, 2.75) is 50.6 Å². The molecule has 0 N–H and O–H groups in total. The van der Waals surface area contributed by atoms with Crippen molar-refractivity contribution in [3.05, 3.63) is 0 Å². The molecule has 3 rings (SSSR count). The van der Waals surface area contributed by atoms with Gasteiger partial charge in [0.25, 0.3) is 5.91 Å². The summed E-state index contributed by atoms with van der Waals surface area (Å²) in [7, 11) is -6.15. The van der Waals surface area contributed by atoms with Gasteiger partial charge in [0.2, 0.25) is 0 Å². The molecule has 11 heteroatoms. The average molecular weight is 451 g/mol. The van der Waals surface area contributed by atoms with Crippen LogP contribution in [-0.4, -0.2) is 99.8 Å². The number of carbonyl (C=O) groups is 2. The Balaban J connectivity index is 1.54. The van der Waals surface area contributed by atoms with Gasteiger partial charge in [-0.25, -0.2) is 16.8 Å². The number of hydrogen-bond acceptors (Lipinski definition) is 8. The summed E-state index contributed by atoms with van der Waals surface area (Å²) in [6, 6.07) is -0.345. The van der Waals surface area contributed by atoms with Crippen molar-refractivity contribution >= 4 is 31.6 Å². The first-order valence-corrected chi connectivity index (χ1v) is 13.9. The average Bonchev–Trinajstić information content (AvgIpc) is 3.02. The van der Waals surface area contributed by atoms with Gasteiger partial charge in [0.05, 0.1) is 29.6 Å². The van der Waals surface area contributed by atoms with Crippen LogP contribution in [0, 0.1) is 0 Å². The third-order valence-corrected chi connectivity index (χ3v) is 9.36. The number of carbonyl (C=O) groups excluding carboxylic acids is 2. The maximum atomic E-state index is 12.9. The molecule has 0 aromatic heterocycles. The summed E-state index contributed by atoms with van der Waals surface area (Å²) in [5, 5.41) is 0. The topological polar surface area (TPSA) is 118 Å². The number of esters is 1. The van der Waals surface area contributed by atoms with E-state index in [9.17, 15) is 26.4 Å². The number of sulfone groups is 2. The molecule has 9 nitrogen and oxygen atoms in total. The second-order valence-corrected chi connectivity index (χ2v) is 12.8. The first-order chi connectivity index (χ1) is 13.7. The molecule has 0 bridgehead atoms. The molecule has 2 aliphatic heterocycles. The highest BCUT2D eigenvalue weighted by Gasteiger charge is 2.38. The maximum Gasteiger partial charge on any atom is 0.320 e. The Morgan fingerprint density at radius 1 is 0.862 bits per heavy atom. The van der Waals surface area contributed by atoms with Crippen LogP contribution in [0.25, 0.3) is 0 Å². The van der Waals surface area contributed by atoms with Crippen molar-refractivity contribution in [1.82, 2.24) is 9.80 Å². The fourth-order valence-corrected chi connectivity index (χ4v) is 7.40. The number of amides is 1. The third kappa shape index (κ3) is 6.39. The fraction of sp³-hybridized carbons (Fsp3) is 0.889. The van der Waals surface area contributed by atoms with Gasteiger partial charge in [-0.15, -0.1) is 0 Å². The summed E-state index contributed by atoms with van der Waals surface area (Å²) in [6.07, 6.45) is 5.25. The van der Waals surface area contributed by atoms with Gasteiger partial charge in [-0.05, 0) is 19.3 Å². The molecule has 0 aromatic rings. The Morgan fingerprint density at radius 3 is 2.10 bits per heavy atom. The summed E-state index contributed by atoms with van der Waals surface area (Å²) < 4.78 is 51.9. The summed E-state index contributed by atoms with van der Waals surface area (Å²) in [5.74, 6) is -0.804. The molecule has 29 heavy (non-hydrogen) atoms. The SMILES string of the molecule is O=C(CN1CCS(=O)(=O)CC1)OCC(=O)N(C1CCCCC1)C1CCS(=O)(=O)C1. The van der Waals surface area contributed by atoms with E-state index in [2.05, 4.69) is 0 Å². The Bertz CT molecular complexity index is 805. The second-order valence-electron chi connectivity index (χ2n) is 8.24. The lowest BCUT2D eigenvalue weighted by molar-refractivity contribution is -0.155. The minimum absolute atomic E-state index is 0.000512.